The van der Waals surface area contributed by atoms with E-state index in [9.17, 15) is 5.11 Å². The minimum Gasteiger partial charge on any atom is -0.389 e. The molecule has 1 atom stereocenters. The van der Waals surface area contributed by atoms with Gasteiger partial charge in [0.15, 0.2) is 0 Å². The van der Waals surface area contributed by atoms with Crippen molar-refractivity contribution in [3.05, 3.63) is 35.9 Å². The molecule has 1 aromatic rings. The van der Waals surface area contributed by atoms with Crippen molar-refractivity contribution in [1.29, 1.82) is 0 Å². The average Bonchev–Trinajstić information content (AvgIpc) is 2.54. The van der Waals surface area contributed by atoms with E-state index in [2.05, 4.69) is 11.8 Å². The maximum atomic E-state index is 10.2. The van der Waals surface area contributed by atoms with Gasteiger partial charge in [-0.15, -0.1) is 0 Å². The SMILES string of the molecule is CCN(CC(O)COCc1ccccc1)C1CCCCC1. The van der Waals surface area contributed by atoms with Crippen LogP contribution in [0.2, 0.25) is 0 Å². The molecule has 0 aromatic heterocycles. The van der Waals surface area contributed by atoms with Gasteiger partial charge in [-0.05, 0) is 24.9 Å². The molecule has 0 saturated heterocycles. The lowest BCUT2D eigenvalue weighted by molar-refractivity contribution is 0.0000485. The maximum absolute atomic E-state index is 10.2. The van der Waals surface area contributed by atoms with Gasteiger partial charge in [-0.3, -0.25) is 4.90 Å². The highest BCUT2D eigenvalue weighted by molar-refractivity contribution is 5.13. The summed E-state index contributed by atoms with van der Waals surface area (Å²) in [6.07, 6.45) is 6.22. The van der Waals surface area contributed by atoms with E-state index in [-0.39, 0.29) is 0 Å². The van der Waals surface area contributed by atoms with E-state index >= 15 is 0 Å². The van der Waals surface area contributed by atoms with Crippen LogP contribution in [0.15, 0.2) is 30.3 Å². The summed E-state index contributed by atoms with van der Waals surface area (Å²) in [6, 6.07) is 10.8. The Labute approximate surface area is 128 Å². The standard InChI is InChI=1S/C18H29NO2/c1-2-19(17-11-7-4-8-12-17)13-18(20)15-21-14-16-9-5-3-6-10-16/h3,5-6,9-10,17-18,20H,2,4,7-8,11-15H2,1H3. The lowest BCUT2D eigenvalue weighted by Gasteiger charge is -2.34. The molecule has 0 spiro atoms. The molecule has 1 unspecified atom stereocenters. The smallest absolute Gasteiger partial charge is 0.0900 e. The molecule has 3 heteroatoms. The number of ether oxygens (including phenoxy) is 1. The van der Waals surface area contributed by atoms with Crippen LogP contribution < -0.4 is 0 Å². The number of aliphatic hydroxyl groups excluding tert-OH is 1. The molecule has 0 aliphatic heterocycles. The molecule has 1 saturated carbocycles. The fourth-order valence-corrected chi connectivity index (χ4v) is 3.19. The molecule has 0 heterocycles. The maximum Gasteiger partial charge on any atom is 0.0900 e. The lowest BCUT2D eigenvalue weighted by Crippen LogP contribution is -2.42. The molecule has 1 aliphatic carbocycles. The van der Waals surface area contributed by atoms with Crippen molar-refractivity contribution in [2.75, 3.05) is 19.7 Å². The van der Waals surface area contributed by atoms with Crippen LogP contribution in [0.5, 0.6) is 0 Å². The zero-order chi connectivity index (χ0) is 14.9. The summed E-state index contributed by atoms with van der Waals surface area (Å²) < 4.78 is 5.64. The highest BCUT2D eigenvalue weighted by Crippen LogP contribution is 2.22. The summed E-state index contributed by atoms with van der Waals surface area (Å²) in [5.74, 6) is 0. The van der Waals surface area contributed by atoms with Crippen molar-refractivity contribution in [2.45, 2.75) is 57.8 Å². The van der Waals surface area contributed by atoms with E-state index in [0.29, 0.717) is 19.3 Å². The molecule has 1 aromatic carbocycles. The average molecular weight is 291 g/mol. The molecule has 0 radical (unpaired) electrons. The second-order valence-corrected chi connectivity index (χ2v) is 6.03. The van der Waals surface area contributed by atoms with Crippen molar-refractivity contribution in [2.24, 2.45) is 0 Å². The first-order chi connectivity index (χ1) is 10.3. The van der Waals surface area contributed by atoms with Gasteiger partial charge in [-0.2, -0.15) is 0 Å². The Morgan fingerprint density at radius 1 is 1.19 bits per heavy atom. The van der Waals surface area contributed by atoms with Crippen LogP contribution in [0.1, 0.15) is 44.6 Å². The van der Waals surface area contributed by atoms with Crippen molar-refractivity contribution >= 4 is 0 Å². The van der Waals surface area contributed by atoms with Crippen LogP contribution in [0.3, 0.4) is 0 Å². The first kappa shape index (κ1) is 16.5. The minimum absolute atomic E-state index is 0.393. The molecular weight excluding hydrogens is 262 g/mol. The molecule has 3 nitrogen and oxygen atoms in total. The summed E-state index contributed by atoms with van der Waals surface area (Å²) in [7, 11) is 0. The zero-order valence-corrected chi connectivity index (χ0v) is 13.2. The number of hydrogen-bond acceptors (Lipinski definition) is 3. The van der Waals surface area contributed by atoms with E-state index in [0.717, 1.165) is 18.7 Å². The van der Waals surface area contributed by atoms with Gasteiger partial charge in [0, 0.05) is 12.6 Å². The highest BCUT2D eigenvalue weighted by Gasteiger charge is 2.21. The highest BCUT2D eigenvalue weighted by atomic mass is 16.5. The Hall–Kier alpha value is -0.900. The Morgan fingerprint density at radius 2 is 1.90 bits per heavy atom. The van der Waals surface area contributed by atoms with Crippen LogP contribution in [0.25, 0.3) is 0 Å². The van der Waals surface area contributed by atoms with Gasteiger partial charge in [0.1, 0.15) is 0 Å². The van der Waals surface area contributed by atoms with Crippen molar-refractivity contribution in [3.8, 4) is 0 Å². The van der Waals surface area contributed by atoms with Gasteiger partial charge in [0.25, 0.3) is 0 Å². The Balaban J connectivity index is 1.68. The van der Waals surface area contributed by atoms with Gasteiger partial charge in [-0.25, -0.2) is 0 Å². The largest absolute Gasteiger partial charge is 0.389 e. The molecule has 1 fully saturated rings. The number of aliphatic hydroxyl groups is 1. The quantitative estimate of drug-likeness (QED) is 0.798. The number of nitrogens with zero attached hydrogens (tertiary/aromatic N) is 1. The molecule has 21 heavy (non-hydrogen) atoms. The van der Waals surface area contributed by atoms with Crippen LogP contribution in [-0.4, -0.2) is 41.8 Å². The first-order valence-electron chi connectivity index (χ1n) is 8.33. The summed E-state index contributed by atoms with van der Waals surface area (Å²) in [5.41, 5.74) is 1.16. The van der Waals surface area contributed by atoms with Crippen molar-refractivity contribution < 1.29 is 9.84 Å². The van der Waals surface area contributed by atoms with E-state index in [4.69, 9.17) is 4.74 Å². The molecule has 118 valence electrons. The van der Waals surface area contributed by atoms with Gasteiger partial charge in [0.05, 0.1) is 19.3 Å². The van der Waals surface area contributed by atoms with Crippen LogP contribution in [-0.2, 0) is 11.3 Å². The van der Waals surface area contributed by atoms with E-state index in [1.165, 1.54) is 32.1 Å². The number of rotatable bonds is 8. The molecule has 1 N–H and O–H groups in total. The number of hydrogen-bond donors (Lipinski definition) is 1. The van der Waals surface area contributed by atoms with Crippen LogP contribution in [0, 0.1) is 0 Å². The third-order valence-corrected chi connectivity index (χ3v) is 4.36. The zero-order valence-electron chi connectivity index (χ0n) is 13.2. The summed E-state index contributed by atoms with van der Waals surface area (Å²) in [6.45, 7) is 4.92. The van der Waals surface area contributed by atoms with Gasteiger partial charge in [0.2, 0.25) is 0 Å². The molecule has 0 amide bonds. The van der Waals surface area contributed by atoms with E-state index in [1.54, 1.807) is 0 Å². The Kier molecular flexibility index (Phi) is 7.20. The Morgan fingerprint density at radius 3 is 2.57 bits per heavy atom. The molecule has 1 aliphatic rings. The lowest BCUT2D eigenvalue weighted by atomic mass is 9.94. The van der Waals surface area contributed by atoms with Crippen molar-refractivity contribution in [1.82, 2.24) is 4.90 Å². The second kappa shape index (κ2) is 9.19. The molecular formula is C18H29NO2. The van der Waals surface area contributed by atoms with E-state index < -0.39 is 6.10 Å². The van der Waals surface area contributed by atoms with Gasteiger partial charge < -0.3 is 9.84 Å². The van der Waals surface area contributed by atoms with Gasteiger partial charge in [-0.1, -0.05) is 56.5 Å². The van der Waals surface area contributed by atoms with Crippen LogP contribution in [0.4, 0.5) is 0 Å². The minimum atomic E-state index is -0.393. The fourth-order valence-electron chi connectivity index (χ4n) is 3.19. The summed E-state index contributed by atoms with van der Waals surface area (Å²) >= 11 is 0. The monoisotopic (exact) mass is 291 g/mol. The Bertz CT molecular complexity index is 376. The first-order valence-corrected chi connectivity index (χ1v) is 8.33. The fraction of sp³-hybridized carbons (Fsp3) is 0.667. The second-order valence-electron chi connectivity index (χ2n) is 6.03. The van der Waals surface area contributed by atoms with E-state index in [1.807, 2.05) is 30.3 Å². The predicted octanol–water partition coefficient (Wildman–Crippen LogP) is 3.22. The molecule has 0 bridgehead atoms. The molecule has 2 rings (SSSR count). The number of benzene rings is 1. The third-order valence-electron chi connectivity index (χ3n) is 4.36. The normalized spacial score (nSPS) is 18.0. The van der Waals surface area contributed by atoms with Crippen molar-refractivity contribution in [3.63, 3.8) is 0 Å². The number of likely N-dealkylation sites (N-methyl/N-ethyl adjacent to an activating group) is 1. The summed E-state index contributed by atoms with van der Waals surface area (Å²) in [5, 5.41) is 10.2. The predicted molar refractivity (Wildman–Crippen MR) is 86.2 cm³/mol. The third kappa shape index (κ3) is 5.77. The topological polar surface area (TPSA) is 32.7 Å². The van der Waals surface area contributed by atoms with Gasteiger partial charge >= 0.3 is 0 Å². The summed E-state index contributed by atoms with van der Waals surface area (Å²) in [4.78, 5) is 2.43. The van der Waals surface area contributed by atoms with Crippen LogP contribution >= 0.6 is 0 Å².